The summed E-state index contributed by atoms with van der Waals surface area (Å²) in [6.07, 6.45) is 5.97. The van der Waals surface area contributed by atoms with E-state index in [-0.39, 0.29) is 5.25 Å². The number of fused-ring (bicyclic) bond motifs is 1. The highest BCUT2D eigenvalue weighted by atomic mass is 32.2. The van der Waals surface area contributed by atoms with Gasteiger partial charge in [-0.1, -0.05) is 12.8 Å². The van der Waals surface area contributed by atoms with Crippen molar-refractivity contribution in [2.45, 2.75) is 37.4 Å². The standard InChI is InChI=1S/C10H15N3O2S/c14-16(15,8-3-1-2-4-8)13-10-5-6-11-9(10)7-12-13/h7-8,11H,1-6H2. The first-order valence-electron chi connectivity index (χ1n) is 5.75. The van der Waals surface area contributed by atoms with Gasteiger partial charge in [-0.2, -0.15) is 9.19 Å². The summed E-state index contributed by atoms with van der Waals surface area (Å²) in [6, 6.07) is 0. The van der Waals surface area contributed by atoms with Gasteiger partial charge in [0.05, 0.1) is 22.8 Å². The van der Waals surface area contributed by atoms with Crippen LogP contribution in [-0.2, 0) is 16.4 Å². The van der Waals surface area contributed by atoms with Gasteiger partial charge in [-0.3, -0.25) is 0 Å². The second-order valence-electron chi connectivity index (χ2n) is 4.48. The van der Waals surface area contributed by atoms with Crippen molar-refractivity contribution in [2.24, 2.45) is 0 Å². The van der Waals surface area contributed by atoms with Gasteiger partial charge in [-0.05, 0) is 12.8 Å². The van der Waals surface area contributed by atoms with Crippen LogP contribution in [0.25, 0.3) is 0 Å². The number of anilines is 1. The van der Waals surface area contributed by atoms with Gasteiger partial charge in [-0.25, -0.2) is 8.42 Å². The number of rotatable bonds is 2. The van der Waals surface area contributed by atoms with E-state index < -0.39 is 10.0 Å². The topological polar surface area (TPSA) is 64.0 Å². The molecular weight excluding hydrogens is 226 g/mol. The van der Waals surface area contributed by atoms with Gasteiger partial charge < -0.3 is 5.32 Å². The molecule has 2 heterocycles. The quantitative estimate of drug-likeness (QED) is 0.838. The Bertz CT molecular complexity index is 500. The monoisotopic (exact) mass is 241 g/mol. The van der Waals surface area contributed by atoms with Crippen molar-refractivity contribution < 1.29 is 8.42 Å². The molecule has 0 bridgehead atoms. The van der Waals surface area contributed by atoms with Gasteiger partial charge in [0.25, 0.3) is 10.0 Å². The van der Waals surface area contributed by atoms with Crippen LogP contribution >= 0.6 is 0 Å². The summed E-state index contributed by atoms with van der Waals surface area (Å²) in [5.74, 6) is 0. The number of aromatic nitrogens is 2. The average molecular weight is 241 g/mol. The molecular formula is C10H15N3O2S. The Balaban J connectivity index is 2.02. The molecule has 16 heavy (non-hydrogen) atoms. The summed E-state index contributed by atoms with van der Waals surface area (Å²) in [6.45, 7) is 0.813. The van der Waals surface area contributed by atoms with Gasteiger partial charge in [0.2, 0.25) is 0 Å². The van der Waals surface area contributed by atoms with E-state index in [0.717, 1.165) is 50.0 Å². The first kappa shape index (κ1) is 10.1. The maximum absolute atomic E-state index is 12.3. The first-order chi connectivity index (χ1) is 7.69. The van der Waals surface area contributed by atoms with Crippen molar-refractivity contribution in [2.75, 3.05) is 11.9 Å². The van der Waals surface area contributed by atoms with E-state index in [1.807, 2.05) is 0 Å². The maximum Gasteiger partial charge on any atom is 0.256 e. The van der Waals surface area contributed by atoms with Crippen LogP contribution in [-0.4, -0.2) is 29.4 Å². The molecule has 1 aliphatic carbocycles. The maximum atomic E-state index is 12.3. The molecule has 0 aromatic carbocycles. The Morgan fingerprint density at radius 3 is 2.88 bits per heavy atom. The lowest BCUT2D eigenvalue weighted by Gasteiger charge is -2.12. The van der Waals surface area contributed by atoms with Crippen molar-refractivity contribution in [1.29, 1.82) is 0 Å². The van der Waals surface area contributed by atoms with Crippen LogP contribution in [0.2, 0.25) is 0 Å². The third-order valence-electron chi connectivity index (χ3n) is 3.48. The highest BCUT2D eigenvalue weighted by molar-refractivity contribution is 7.90. The van der Waals surface area contributed by atoms with Crippen LogP contribution in [0.1, 0.15) is 31.4 Å². The molecule has 2 aliphatic rings. The molecule has 1 N–H and O–H groups in total. The minimum Gasteiger partial charge on any atom is -0.382 e. The van der Waals surface area contributed by atoms with Crippen molar-refractivity contribution in [3.05, 3.63) is 11.9 Å². The van der Waals surface area contributed by atoms with Crippen molar-refractivity contribution in [3.8, 4) is 0 Å². The average Bonchev–Trinajstić information content (AvgIpc) is 2.95. The molecule has 1 saturated carbocycles. The summed E-state index contributed by atoms with van der Waals surface area (Å²) >= 11 is 0. The molecule has 0 amide bonds. The molecule has 1 aliphatic heterocycles. The van der Waals surface area contributed by atoms with Crippen LogP contribution in [0.3, 0.4) is 0 Å². The smallest absolute Gasteiger partial charge is 0.256 e. The van der Waals surface area contributed by atoms with E-state index in [1.54, 1.807) is 6.20 Å². The summed E-state index contributed by atoms with van der Waals surface area (Å²) in [4.78, 5) is 0. The predicted octanol–water partition coefficient (Wildman–Crippen LogP) is 0.972. The fourth-order valence-electron chi connectivity index (χ4n) is 2.60. The zero-order chi connectivity index (χ0) is 11.2. The molecule has 0 unspecified atom stereocenters. The van der Waals surface area contributed by atoms with Crippen LogP contribution in [0.4, 0.5) is 5.69 Å². The molecule has 3 rings (SSSR count). The van der Waals surface area contributed by atoms with Gasteiger partial charge in [0.1, 0.15) is 0 Å². The molecule has 5 nitrogen and oxygen atoms in total. The summed E-state index contributed by atoms with van der Waals surface area (Å²) in [7, 11) is -3.26. The molecule has 0 saturated heterocycles. The lowest BCUT2D eigenvalue weighted by molar-refractivity contribution is 0.560. The molecule has 0 spiro atoms. The summed E-state index contributed by atoms with van der Waals surface area (Å²) < 4.78 is 25.9. The second-order valence-corrected chi connectivity index (χ2v) is 6.52. The molecule has 0 radical (unpaired) electrons. The Hall–Kier alpha value is -1.04. The number of nitrogens with one attached hydrogen (secondary N) is 1. The number of nitrogens with zero attached hydrogens (tertiary/aromatic N) is 2. The summed E-state index contributed by atoms with van der Waals surface area (Å²) in [5, 5.41) is 6.93. The largest absolute Gasteiger partial charge is 0.382 e. The van der Waals surface area contributed by atoms with Gasteiger partial charge in [0.15, 0.2) is 0 Å². The van der Waals surface area contributed by atoms with Gasteiger partial charge in [-0.15, -0.1) is 0 Å². The minimum atomic E-state index is -3.26. The zero-order valence-electron chi connectivity index (χ0n) is 9.02. The van der Waals surface area contributed by atoms with Gasteiger partial charge in [0, 0.05) is 13.0 Å². The Labute approximate surface area is 94.9 Å². The molecule has 6 heteroatoms. The fraction of sp³-hybridized carbons (Fsp3) is 0.700. The Morgan fingerprint density at radius 1 is 1.38 bits per heavy atom. The van der Waals surface area contributed by atoms with Crippen LogP contribution in [0.5, 0.6) is 0 Å². The highest BCUT2D eigenvalue weighted by Crippen LogP contribution is 2.29. The van der Waals surface area contributed by atoms with Crippen molar-refractivity contribution in [3.63, 3.8) is 0 Å². The minimum absolute atomic E-state index is 0.225. The Morgan fingerprint density at radius 2 is 2.12 bits per heavy atom. The van der Waals surface area contributed by atoms with E-state index in [1.165, 1.54) is 4.09 Å². The van der Waals surface area contributed by atoms with E-state index >= 15 is 0 Å². The van der Waals surface area contributed by atoms with Crippen LogP contribution in [0.15, 0.2) is 6.20 Å². The van der Waals surface area contributed by atoms with E-state index in [2.05, 4.69) is 10.4 Å². The van der Waals surface area contributed by atoms with Crippen molar-refractivity contribution in [1.82, 2.24) is 9.19 Å². The molecule has 1 fully saturated rings. The molecule has 0 atom stereocenters. The zero-order valence-corrected chi connectivity index (χ0v) is 9.83. The molecule has 88 valence electrons. The lowest BCUT2D eigenvalue weighted by Crippen LogP contribution is -2.27. The predicted molar refractivity (Wildman–Crippen MR) is 61.0 cm³/mol. The fourth-order valence-corrected chi connectivity index (χ4v) is 4.48. The normalized spacial score (nSPS) is 21.0. The van der Waals surface area contributed by atoms with Crippen molar-refractivity contribution >= 4 is 15.7 Å². The molecule has 1 aromatic rings. The van der Waals surface area contributed by atoms with Gasteiger partial charge >= 0.3 is 0 Å². The SMILES string of the molecule is O=S(=O)(C1CCCC1)n1ncc2c1CCN2. The first-order valence-corrected chi connectivity index (χ1v) is 7.25. The third kappa shape index (κ3) is 1.36. The Kier molecular flexibility index (Phi) is 2.20. The summed E-state index contributed by atoms with van der Waals surface area (Å²) in [5.41, 5.74) is 1.70. The van der Waals surface area contributed by atoms with E-state index in [0.29, 0.717) is 0 Å². The van der Waals surface area contributed by atoms with E-state index in [4.69, 9.17) is 0 Å². The van der Waals surface area contributed by atoms with Crippen LogP contribution in [0, 0.1) is 0 Å². The lowest BCUT2D eigenvalue weighted by atomic mass is 10.3. The highest BCUT2D eigenvalue weighted by Gasteiger charge is 2.33. The molecule has 1 aromatic heterocycles. The van der Waals surface area contributed by atoms with E-state index in [9.17, 15) is 8.42 Å². The third-order valence-corrected chi connectivity index (χ3v) is 5.59. The number of hydrogen-bond donors (Lipinski definition) is 1. The second kappa shape index (κ2) is 3.48. The van der Waals surface area contributed by atoms with Crippen LogP contribution < -0.4 is 5.32 Å². The number of hydrogen-bond acceptors (Lipinski definition) is 4.